The second kappa shape index (κ2) is 5.79. The molecule has 1 saturated heterocycles. The van der Waals surface area contributed by atoms with Gasteiger partial charge in [0.1, 0.15) is 5.82 Å². The molecule has 0 aliphatic carbocycles. The lowest BCUT2D eigenvalue weighted by Crippen LogP contribution is -2.48. The van der Waals surface area contributed by atoms with Gasteiger partial charge in [-0.2, -0.15) is 0 Å². The van der Waals surface area contributed by atoms with Crippen LogP contribution in [0.15, 0.2) is 18.2 Å². The van der Waals surface area contributed by atoms with Gasteiger partial charge < -0.3 is 15.5 Å². The first-order chi connectivity index (χ1) is 9.35. The Morgan fingerprint density at radius 3 is 2.75 bits per heavy atom. The number of carbonyl (C=O) groups excluding carboxylic acids is 1. The van der Waals surface area contributed by atoms with E-state index >= 15 is 0 Å². The SMILES string of the molecule is CC(C)(C)NCc1ccc(N2CCNC(=O)C2)c(F)c1. The highest BCUT2D eigenvalue weighted by atomic mass is 19.1. The van der Waals surface area contributed by atoms with Gasteiger partial charge in [-0.05, 0) is 38.5 Å². The van der Waals surface area contributed by atoms with Gasteiger partial charge in [-0.1, -0.05) is 6.07 Å². The van der Waals surface area contributed by atoms with E-state index in [1.54, 1.807) is 17.0 Å². The van der Waals surface area contributed by atoms with Gasteiger partial charge in [0.25, 0.3) is 0 Å². The van der Waals surface area contributed by atoms with E-state index in [-0.39, 0.29) is 23.8 Å². The first-order valence-electron chi connectivity index (χ1n) is 6.90. The van der Waals surface area contributed by atoms with E-state index < -0.39 is 0 Å². The minimum absolute atomic E-state index is 0.000105. The standard InChI is InChI=1S/C15H22FN3O/c1-15(2,3)18-9-11-4-5-13(12(16)8-11)19-7-6-17-14(20)10-19/h4-5,8,18H,6-7,9-10H2,1-3H3,(H,17,20). The molecule has 2 N–H and O–H groups in total. The number of hydrogen-bond acceptors (Lipinski definition) is 3. The van der Waals surface area contributed by atoms with Gasteiger partial charge in [0, 0.05) is 25.2 Å². The number of nitrogens with one attached hydrogen (secondary N) is 2. The summed E-state index contributed by atoms with van der Waals surface area (Å²) in [4.78, 5) is 13.1. The highest BCUT2D eigenvalue weighted by molar-refractivity contribution is 5.82. The van der Waals surface area contributed by atoms with Gasteiger partial charge in [-0.15, -0.1) is 0 Å². The molecule has 1 fully saturated rings. The smallest absolute Gasteiger partial charge is 0.239 e. The molecule has 0 unspecified atom stereocenters. The Morgan fingerprint density at radius 2 is 2.15 bits per heavy atom. The molecule has 0 radical (unpaired) electrons. The fourth-order valence-corrected chi connectivity index (χ4v) is 2.13. The van der Waals surface area contributed by atoms with Crippen LogP contribution in [0.4, 0.5) is 10.1 Å². The summed E-state index contributed by atoms with van der Waals surface area (Å²) < 4.78 is 14.2. The van der Waals surface area contributed by atoms with Crippen LogP contribution in [0.5, 0.6) is 0 Å². The molecule has 1 aromatic carbocycles. The van der Waals surface area contributed by atoms with Gasteiger partial charge in [-0.3, -0.25) is 4.79 Å². The summed E-state index contributed by atoms with van der Waals surface area (Å²) in [6.07, 6.45) is 0. The fourth-order valence-electron chi connectivity index (χ4n) is 2.13. The molecule has 20 heavy (non-hydrogen) atoms. The summed E-state index contributed by atoms with van der Waals surface area (Å²) in [6.45, 7) is 8.27. The van der Waals surface area contributed by atoms with Crippen molar-refractivity contribution in [2.45, 2.75) is 32.9 Å². The van der Waals surface area contributed by atoms with Crippen LogP contribution < -0.4 is 15.5 Å². The number of hydrogen-bond donors (Lipinski definition) is 2. The van der Waals surface area contributed by atoms with Crippen molar-refractivity contribution in [1.29, 1.82) is 0 Å². The summed E-state index contributed by atoms with van der Waals surface area (Å²) in [6, 6.07) is 5.21. The fraction of sp³-hybridized carbons (Fsp3) is 0.533. The van der Waals surface area contributed by atoms with Crippen molar-refractivity contribution >= 4 is 11.6 Å². The maximum absolute atomic E-state index is 14.2. The van der Waals surface area contributed by atoms with Crippen molar-refractivity contribution < 1.29 is 9.18 Å². The number of anilines is 1. The lowest BCUT2D eigenvalue weighted by atomic mass is 10.1. The maximum atomic E-state index is 14.2. The van der Waals surface area contributed by atoms with Gasteiger partial charge in [0.2, 0.25) is 5.91 Å². The number of benzene rings is 1. The summed E-state index contributed by atoms with van der Waals surface area (Å²) in [7, 11) is 0. The molecular formula is C15H22FN3O. The zero-order chi connectivity index (χ0) is 14.8. The Labute approximate surface area is 119 Å². The number of piperazine rings is 1. The predicted octanol–water partition coefficient (Wildman–Crippen LogP) is 1.65. The Bertz CT molecular complexity index is 496. The van der Waals surface area contributed by atoms with Crippen molar-refractivity contribution in [1.82, 2.24) is 10.6 Å². The molecule has 0 aromatic heterocycles. The van der Waals surface area contributed by atoms with Gasteiger partial charge >= 0.3 is 0 Å². The third-order valence-electron chi connectivity index (χ3n) is 3.21. The second-order valence-corrected chi connectivity index (χ2v) is 6.16. The molecule has 4 nitrogen and oxygen atoms in total. The van der Waals surface area contributed by atoms with Crippen LogP contribution in [-0.4, -0.2) is 31.1 Å². The van der Waals surface area contributed by atoms with Crippen molar-refractivity contribution in [2.24, 2.45) is 0 Å². The number of rotatable bonds is 3. The van der Waals surface area contributed by atoms with E-state index in [0.29, 0.717) is 25.3 Å². The Hall–Kier alpha value is -1.62. The monoisotopic (exact) mass is 279 g/mol. The van der Waals surface area contributed by atoms with Crippen LogP contribution in [0.2, 0.25) is 0 Å². The van der Waals surface area contributed by atoms with Crippen molar-refractivity contribution in [3.63, 3.8) is 0 Å². The van der Waals surface area contributed by atoms with Crippen molar-refractivity contribution in [3.8, 4) is 0 Å². The number of nitrogens with zero attached hydrogens (tertiary/aromatic N) is 1. The van der Waals surface area contributed by atoms with Crippen molar-refractivity contribution in [3.05, 3.63) is 29.6 Å². The number of halogens is 1. The summed E-state index contributed by atoms with van der Waals surface area (Å²) in [5.41, 5.74) is 1.40. The first-order valence-corrected chi connectivity index (χ1v) is 6.90. The molecule has 1 aliphatic rings. The second-order valence-electron chi connectivity index (χ2n) is 6.16. The highest BCUT2D eigenvalue weighted by Gasteiger charge is 2.19. The molecule has 0 spiro atoms. The molecule has 0 atom stereocenters. The largest absolute Gasteiger partial charge is 0.358 e. The third kappa shape index (κ3) is 3.93. The molecular weight excluding hydrogens is 257 g/mol. The van der Waals surface area contributed by atoms with Gasteiger partial charge in [0.15, 0.2) is 0 Å². The van der Waals surface area contributed by atoms with Crippen LogP contribution in [0.1, 0.15) is 26.3 Å². The summed E-state index contributed by atoms with van der Waals surface area (Å²) in [5, 5.41) is 6.06. The molecule has 1 aliphatic heterocycles. The predicted molar refractivity (Wildman–Crippen MR) is 78.2 cm³/mol. The summed E-state index contributed by atoms with van der Waals surface area (Å²) >= 11 is 0. The topological polar surface area (TPSA) is 44.4 Å². The molecule has 5 heteroatoms. The minimum atomic E-state index is -0.270. The van der Waals surface area contributed by atoms with E-state index in [9.17, 15) is 9.18 Å². The molecule has 2 rings (SSSR count). The lowest BCUT2D eigenvalue weighted by molar-refractivity contribution is -0.120. The normalized spacial score (nSPS) is 16.2. The zero-order valence-electron chi connectivity index (χ0n) is 12.3. The minimum Gasteiger partial charge on any atom is -0.358 e. The van der Waals surface area contributed by atoms with E-state index in [1.807, 2.05) is 6.07 Å². The average molecular weight is 279 g/mol. The maximum Gasteiger partial charge on any atom is 0.239 e. The van der Waals surface area contributed by atoms with Gasteiger partial charge in [0.05, 0.1) is 12.2 Å². The number of amides is 1. The Morgan fingerprint density at radius 1 is 1.40 bits per heavy atom. The van der Waals surface area contributed by atoms with Crippen molar-refractivity contribution in [2.75, 3.05) is 24.5 Å². The molecule has 0 saturated carbocycles. The average Bonchev–Trinajstić information content (AvgIpc) is 2.35. The lowest BCUT2D eigenvalue weighted by Gasteiger charge is -2.29. The summed E-state index contributed by atoms with van der Waals surface area (Å²) in [5.74, 6) is -0.331. The van der Waals surface area contributed by atoms with Crippen LogP contribution in [0.3, 0.4) is 0 Å². The Balaban J connectivity index is 2.07. The van der Waals surface area contributed by atoms with E-state index in [2.05, 4.69) is 31.4 Å². The molecule has 1 aromatic rings. The van der Waals surface area contributed by atoms with Crippen LogP contribution >= 0.6 is 0 Å². The third-order valence-corrected chi connectivity index (χ3v) is 3.21. The highest BCUT2D eigenvalue weighted by Crippen LogP contribution is 2.21. The molecule has 0 bridgehead atoms. The molecule has 1 amide bonds. The van der Waals surface area contributed by atoms with E-state index in [1.165, 1.54) is 0 Å². The first kappa shape index (κ1) is 14.8. The van der Waals surface area contributed by atoms with Crippen LogP contribution in [0, 0.1) is 5.82 Å². The van der Waals surface area contributed by atoms with Crippen LogP contribution in [-0.2, 0) is 11.3 Å². The molecule has 1 heterocycles. The zero-order valence-corrected chi connectivity index (χ0v) is 12.3. The van der Waals surface area contributed by atoms with E-state index in [4.69, 9.17) is 0 Å². The molecule has 110 valence electrons. The van der Waals surface area contributed by atoms with Gasteiger partial charge in [-0.25, -0.2) is 4.39 Å². The quantitative estimate of drug-likeness (QED) is 0.884. The number of carbonyl (C=O) groups is 1. The van der Waals surface area contributed by atoms with E-state index in [0.717, 1.165) is 5.56 Å². The van der Waals surface area contributed by atoms with Crippen LogP contribution in [0.25, 0.3) is 0 Å². The Kier molecular flexibility index (Phi) is 4.28.